The second kappa shape index (κ2) is 8.67. The monoisotopic (exact) mass is 265 g/mol. The summed E-state index contributed by atoms with van der Waals surface area (Å²) in [5.41, 5.74) is 6.97. The molecule has 0 aromatic heterocycles. The van der Waals surface area contributed by atoms with Crippen LogP contribution < -0.4 is 5.73 Å². The molecular weight excluding hydrogens is 242 g/mol. The van der Waals surface area contributed by atoms with Gasteiger partial charge in [-0.25, -0.2) is 0 Å². The van der Waals surface area contributed by atoms with E-state index in [0.29, 0.717) is 13.0 Å². The van der Waals surface area contributed by atoms with Gasteiger partial charge in [0.2, 0.25) is 0 Å². The van der Waals surface area contributed by atoms with Crippen LogP contribution in [0.1, 0.15) is 25.8 Å². The van der Waals surface area contributed by atoms with Gasteiger partial charge < -0.3 is 15.2 Å². The van der Waals surface area contributed by atoms with E-state index >= 15 is 0 Å². The number of esters is 1. The minimum atomic E-state index is -0.570. The fourth-order valence-corrected chi connectivity index (χ4v) is 1.62. The summed E-state index contributed by atoms with van der Waals surface area (Å²) < 4.78 is 10.3. The van der Waals surface area contributed by atoms with E-state index in [-0.39, 0.29) is 18.7 Å². The zero-order valence-electron chi connectivity index (χ0n) is 11.7. The molecule has 4 nitrogen and oxygen atoms in total. The first-order chi connectivity index (χ1) is 9.09. The quantitative estimate of drug-likeness (QED) is 0.576. The molecule has 0 heterocycles. The van der Waals surface area contributed by atoms with Crippen LogP contribution in [0.15, 0.2) is 30.3 Å². The van der Waals surface area contributed by atoms with Gasteiger partial charge in [-0.05, 0) is 32.3 Å². The lowest BCUT2D eigenvalue weighted by Gasteiger charge is -2.12. The minimum Gasteiger partial charge on any atom is -0.462 e. The Morgan fingerprint density at radius 1 is 1.21 bits per heavy atom. The van der Waals surface area contributed by atoms with Crippen molar-refractivity contribution < 1.29 is 14.3 Å². The molecule has 1 rings (SSSR count). The summed E-state index contributed by atoms with van der Waals surface area (Å²) in [6, 6.07) is 9.39. The molecule has 1 unspecified atom stereocenters. The molecule has 4 heteroatoms. The van der Waals surface area contributed by atoms with Crippen LogP contribution in [0.4, 0.5) is 0 Å². The maximum atomic E-state index is 11.6. The number of carbonyl (C=O) groups excluding carboxylic acids is 1. The van der Waals surface area contributed by atoms with Gasteiger partial charge in [-0.2, -0.15) is 0 Å². The van der Waals surface area contributed by atoms with Gasteiger partial charge in [-0.15, -0.1) is 0 Å². The van der Waals surface area contributed by atoms with E-state index in [0.717, 1.165) is 6.42 Å². The van der Waals surface area contributed by atoms with E-state index in [1.54, 1.807) is 0 Å². The average molecular weight is 265 g/mol. The molecule has 106 valence electrons. The average Bonchev–Trinajstić information content (AvgIpc) is 2.41. The predicted octanol–water partition coefficient (Wildman–Crippen LogP) is 1.91. The molecule has 0 saturated carbocycles. The van der Waals surface area contributed by atoms with E-state index in [2.05, 4.69) is 0 Å². The second-order valence-electron chi connectivity index (χ2n) is 4.72. The molecule has 0 aliphatic rings. The third kappa shape index (κ3) is 6.94. The fraction of sp³-hybridized carbons (Fsp3) is 0.533. The number of nitrogens with two attached hydrogens (primary N) is 1. The number of rotatable bonds is 8. The first-order valence-electron chi connectivity index (χ1n) is 6.67. The van der Waals surface area contributed by atoms with Crippen molar-refractivity contribution in [3.05, 3.63) is 35.9 Å². The summed E-state index contributed by atoms with van der Waals surface area (Å²) in [5, 5.41) is 0. The molecule has 0 aliphatic heterocycles. The third-order valence-electron chi connectivity index (χ3n) is 2.67. The minimum absolute atomic E-state index is 0.144. The van der Waals surface area contributed by atoms with Gasteiger partial charge >= 0.3 is 5.97 Å². The van der Waals surface area contributed by atoms with Crippen molar-refractivity contribution in [3.8, 4) is 0 Å². The molecule has 1 aromatic rings. The Hall–Kier alpha value is -1.39. The van der Waals surface area contributed by atoms with Crippen molar-refractivity contribution in [3.63, 3.8) is 0 Å². The largest absolute Gasteiger partial charge is 0.462 e. The van der Waals surface area contributed by atoms with Gasteiger partial charge in [0.25, 0.3) is 0 Å². The van der Waals surface area contributed by atoms with Gasteiger partial charge in [-0.3, -0.25) is 4.79 Å². The second-order valence-corrected chi connectivity index (χ2v) is 4.72. The Bertz CT molecular complexity index is 365. The van der Waals surface area contributed by atoms with E-state index < -0.39 is 6.04 Å². The first-order valence-corrected chi connectivity index (χ1v) is 6.67. The van der Waals surface area contributed by atoms with Crippen LogP contribution in [-0.2, 0) is 20.7 Å². The van der Waals surface area contributed by atoms with Crippen LogP contribution in [0, 0.1) is 0 Å². The summed E-state index contributed by atoms with van der Waals surface area (Å²) in [6.07, 6.45) is 1.51. The van der Waals surface area contributed by atoms with Gasteiger partial charge in [0.05, 0.1) is 12.7 Å². The Morgan fingerprint density at radius 3 is 2.53 bits per heavy atom. The predicted molar refractivity (Wildman–Crippen MR) is 74.8 cm³/mol. The summed E-state index contributed by atoms with van der Waals surface area (Å²) >= 11 is 0. The number of aryl methyl sites for hydroxylation is 1. The van der Waals surface area contributed by atoms with Crippen LogP contribution in [0.2, 0.25) is 0 Å². The SMILES string of the molecule is CC(C)OCCOC(=O)C(N)CCc1ccccc1. The number of benzene rings is 1. The van der Waals surface area contributed by atoms with Gasteiger partial charge in [0.15, 0.2) is 0 Å². The smallest absolute Gasteiger partial charge is 0.323 e. The highest BCUT2D eigenvalue weighted by Gasteiger charge is 2.14. The molecule has 1 atom stereocenters. The topological polar surface area (TPSA) is 61.5 Å². The van der Waals surface area contributed by atoms with Gasteiger partial charge in [0.1, 0.15) is 12.6 Å². The highest BCUT2D eigenvalue weighted by molar-refractivity contribution is 5.75. The molecule has 0 amide bonds. The van der Waals surface area contributed by atoms with Crippen molar-refractivity contribution in [2.45, 2.75) is 38.8 Å². The molecular formula is C15H23NO3. The van der Waals surface area contributed by atoms with Crippen molar-refractivity contribution in [2.75, 3.05) is 13.2 Å². The lowest BCUT2D eigenvalue weighted by atomic mass is 10.1. The van der Waals surface area contributed by atoms with E-state index in [4.69, 9.17) is 15.2 Å². The van der Waals surface area contributed by atoms with Crippen LogP contribution >= 0.6 is 0 Å². The van der Waals surface area contributed by atoms with E-state index in [1.165, 1.54) is 5.56 Å². The lowest BCUT2D eigenvalue weighted by molar-refractivity contribution is -0.147. The van der Waals surface area contributed by atoms with Crippen LogP contribution in [0.5, 0.6) is 0 Å². The van der Waals surface area contributed by atoms with Gasteiger partial charge in [-0.1, -0.05) is 30.3 Å². The van der Waals surface area contributed by atoms with Crippen LogP contribution in [0.25, 0.3) is 0 Å². The fourth-order valence-electron chi connectivity index (χ4n) is 1.62. The molecule has 2 N–H and O–H groups in total. The maximum absolute atomic E-state index is 11.6. The Balaban J connectivity index is 2.18. The van der Waals surface area contributed by atoms with Crippen molar-refractivity contribution in [1.29, 1.82) is 0 Å². The molecule has 0 radical (unpaired) electrons. The third-order valence-corrected chi connectivity index (χ3v) is 2.67. The van der Waals surface area contributed by atoms with Gasteiger partial charge in [0, 0.05) is 0 Å². The normalized spacial score (nSPS) is 12.4. The van der Waals surface area contributed by atoms with Crippen molar-refractivity contribution in [1.82, 2.24) is 0 Å². The lowest BCUT2D eigenvalue weighted by Crippen LogP contribution is -2.33. The van der Waals surface area contributed by atoms with Crippen molar-refractivity contribution in [2.24, 2.45) is 5.73 Å². The number of hydrogen-bond acceptors (Lipinski definition) is 4. The Morgan fingerprint density at radius 2 is 1.89 bits per heavy atom. The summed E-state index contributed by atoms with van der Waals surface area (Å²) in [5.74, 6) is -0.358. The first kappa shape index (κ1) is 15.7. The van der Waals surface area contributed by atoms with Crippen LogP contribution in [-0.4, -0.2) is 31.3 Å². The summed E-state index contributed by atoms with van der Waals surface area (Å²) in [7, 11) is 0. The number of hydrogen-bond donors (Lipinski definition) is 1. The number of ether oxygens (including phenoxy) is 2. The molecule has 0 saturated heterocycles. The molecule has 1 aromatic carbocycles. The molecule has 0 spiro atoms. The zero-order valence-corrected chi connectivity index (χ0v) is 11.7. The molecule has 0 aliphatic carbocycles. The zero-order chi connectivity index (χ0) is 14.1. The summed E-state index contributed by atoms with van der Waals surface area (Å²) in [6.45, 7) is 4.55. The molecule has 0 bridgehead atoms. The summed E-state index contributed by atoms with van der Waals surface area (Å²) in [4.78, 5) is 11.6. The molecule has 0 fully saturated rings. The van der Waals surface area contributed by atoms with E-state index in [1.807, 2.05) is 44.2 Å². The highest BCUT2D eigenvalue weighted by atomic mass is 16.6. The Labute approximate surface area is 114 Å². The van der Waals surface area contributed by atoms with Crippen molar-refractivity contribution >= 4 is 5.97 Å². The maximum Gasteiger partial charge on any atom is 0.323 e. The van der Waals surface area contributed by atoms with Crippen LogP contribution in [0.3, 0.4) is 0 Å². The highest BCUT2D eigenvalue weighted by Crippen LogP contribution is 2.04. The Kier molecular flexibility index (Phi) is 7.15. The molecule has 19 heavy (non-hydrogen) atoms. The standard InChI is InChI=1S/C15H23NO3/c1-12(2)18-10-11-19-15(17)14(16)9-8-13-6-4-3-5-7-13/h3-7,12,14H,8-11,16H2,1-2H3. The van der Waals surface area contributed by atoms with E-state index in [9.17, 15) is 4.79 Å². The number of carbonyl (C=O) groups is 1.